The molecule has 1 aromatic rings. The summed E-state index contributed by atoms with van der Waals surface area (Å²) in [7, 11) is 0. The summed E-state index contributed by atoms with van der Waals surface area (Å²) in [6, 6.07) is 3.52. The zero-order valence-electron chi connectivity index (χ0n) is 11.2. The first-order valence-corrected chi connectivity index (χ1v) is 7.40. The summed E-state index contributed by atoms with van der Waals surface area (Å²) in [5.74, 6) is -0.548. The van der Waals surface area contributed by atoms with Crippen LogP contribution in [0.15, 0.2) is 22.7 Å². The summed E-state index contributed by atoms with van der Waals surface area (Å²) in [6.45, 7) is 1.56. The number of benzene rings is 1. The van der Waals surface area contributed by atoms with Gasteiger partial charge in [0.15, 0.2) is 0 Å². The lowest BCUT2D eigenvalue weighted by atomic mass is 10.0. The second-order valence-electron chi connectivity index (χ2n) is 4.98. The standard InChI is InChI=1S/C14H15BrF3NO2/c15-10-3-4-11(12(6-10)14(16,17)18)13(20)19-7-9-2-1-5-21-8-9/h3-4,6,9H,1-2,5,7-8H2,(H,19,20). The van der Waals surface area contributed by atoms with Gasteiger partial charge in [-0.15, -0.1) is 0 Å². The van der Waals surface area contributed by atoms with E-state index in [0.717, 1.165) is 18.9 Å². The quantitative estimate of drug-likeness (QED) is 0.888. The molecule has 21 heavy (non-hydrogen) atoms. The number of hydrogen-bond acceptors (Lipinski definition) is 2. The number of carbonyl (C=O) groups excluding carboxylic acids is 1. The molecule has 1 N–H and O–H groups in total. The highest BCUT2D eigenvalue weighted by Gasteiger charge is 2.35. The number of alkyl halides is 3. The summed E-state index contributed by atoms with van der Waals surface area (Å²) in [5.41, 5.74) is -1.29. The first-order valence-electron chi connectivity index (χ1n) is 6.60. The van der Waals surface area contributed by atoms with Crippen molar-refractivity contribution in [1.82, 2.24) is 5.32 Å². The molecule has 116 valence electrons. The molecule has 1 heterocycles. The third-order valence-corrected chi connectivity index (χ3v) is 3.83. The Morgan fingerprint density at radius 3 is 2.81 bits per heavy atom. The van der Waals surface area contributed by atoms with Crippen molar-refractivity contribution in [2.75, 3.05) is 19.8 Å². The Bertz CT molecular complexity index is 513. The highest BCUT2D eigenvalue weighted by Crippen LogP contribution is 2.33. The van der Waals surface area contributed by atoms with Gasteiger partial charge in [0, 0.05) is 17.6 Å². The highest BCUT2D eigenvalue weighted by molar-refractivity contribution is 9.10. The first kappa shape index (κ1) is 16.3. The first-order chi connectivity index (χ1) is 9.88. The molecule has 1 aromatic carbocycles. The van der Waals surface area contributed by atoms with Gasteiger partial charge in [-0.2, -0.15) is 13.2 Å². The summed E-state index contributed by atoms with van der Waals surface area (Å²) >= 11 is 2.99. The molecule has 0 radical (unpaired) electrons. The Labute approximate surface area is 129 Å². The molecule has 7 heteroatoms. The molecular weight excluding hydrogens is 351 g/mol. The maximum Gasteiger partial charge on any atom is 0.417 e. The van der Waals surface area contributed by atoms with Crippen molar-refractivity contribution in [1.29, 1.82) is 0 Å². The topological polar surface area (TPSA) is 38.3 Å². The Morgan fingerprint density at radius 1 is 1.43 bits per heavy atom. The summed E-state index contributed by atoms with van der Waals surface area (Å²) in [5, 5.41) is 2.57. The van der Waals surface area contributed by atoms with Gasteiger partial charge in [0.05, 0.1) is 17.7 Å². The van der Waals surface area contributed by atoms with Crippen molar-refractivity contribution in [3.8, 4) is 0 Å². The number of ether oxygens (including phenoxy) is 1. The van der Waals surface area contributed by atoms with Crippen molar-refractivity contribution in [3.63, 3.8) is 0 Å². The van der Waals surface area contributed by atoms with E-state index >= 15 is 0 Å². The van der Waals surface area contributed by atoms with Crippen molar-refractivity contribution in [2.45, 2.75) is 19.0 Å². The molecule has 1 atom stereocenters. The Balaban J connectivity index is 2.08. The van der Waals surface area contributed by atoms with E-state index in [1.54, 1.807) is 0 Å². The molecule has 1 aliphatic heterocycles. The molecule has 3 nitrogen and oxygen atoms in total. The fourth-order valence-corrected chi connectivity index (χ4v) is 2.61. The van der Waals surface area contributed by atoms with Crippen LogP contribution in [-0.4, -0.2) is 25.7 Å². The van der Waals surface area contributed by atoms with E-state index in [0.29, 0.717) is 19.8 Å². The summed E-state index contributed by atoms with van der Waals surface area (Å²) in [4.78, 5) is 12.0. The molecular formula is C14H15BrF3NO2. The minimum atomic E-state index is -4.57. The lowest BCUT2D eigenvalue weighted by Crippen LogP contribution is -2.34. The highest BCUT2D eigenvalue weighted by atomic mass is 79.9. The average molecular weight is 366 g/mol. The van der Waals surface area contributed by atoms with Gasteiger partial charge in [0.25, 0.3) is 5.91 Å². The maximum atomic E-state index is 13.0. The smallest absolute Gasteiger partial charge is 0.381 e. The van der Waals surface area contributed by atoms with Crippen LogP contribution >= 0.6 is 15.9 Å². The van der Waals surface area contributed by atoms with Gasteiger partial charge in [-0.3, -0.25) is 4.79 Å². The van der Waals surface area contributed by atoms with Crippen molar-refractivity contribution in [2.24, 2.45) is 5.92 Å². The Kier molecular flexibility index (Phi) is 5.27. The van der Waals surface area contributed by atoms with Crippen LogP contribution in [0.1, 0.15) is 28.8 Å². The number of carbonyl (C=O) groups is 1. The molecule has 1 aliphatic rings. The molecule has 2 rings (SSSR count). The van der Waals surface area contributed by atoms with Crippen LogP contribution in [0.25, 0.3) is 0 Å². The molecule has 1 saturated heterocycles. The SMILES string of the molecule is O=C(NCC1CCCOC1)c1ccc(Br)cc1C(F)(F)F. The van der Waals surface area contributed by atoms with Crippen LogP contribution in [0.3, 0.4) is 0 Å². The predicted molar refractivity (Wildman–Crippen MR) is 75.0 cm³/mol. The second kappa shape index (κ2) is 6.79. The molecule has 0 aliphatic carbocycles. The second-order valence-corrected chi connectivity index (χ2v) is 5.90. The molecule has 1 fully saturated rings. The van der Waals surface area contributed by atoms with Crippen molar-refractivity contribution < 1.29 is 22.7 Å². The van der Waals surface area contributed by atoms with Crippen LogP contribution in [0.2, 0.25) is 0 Å². The average Bonchev–Trinajstić information content (AvgIpc) is 2.45. The maximum absolute atomic E-state index is 13.0. The minimum Gasteiger partial charge on any atom is -0.381 e. The van der Waals surface area contributed by atoms with Gasteiger partial charge in [0.1, 0.15) is 0 Å². The number of amides is 1. The van der Waals surface area contributed by atoms with E-state index in [4.69, 9.17) is 4.74 Å². The van der Waals surface area contributed by atoms with Gasteiger partial charge in [0.2, 0.25) is 0 Å². The lowest BCUT2D eigenvalue weighted by Gasteiger charge is -2.22. The molecule has 0 spiro atoms. The summed E-state index contributed by atoms with van der Waals surface area (Å²) in [6.07, 6.45) is -2.75. The molecule has 0 bridgehead atoms. The lowest BCUT2D eigenvalue weighted by molar-refractivity contribution is -0.138. The third kappa shape index (κ3) is 4.44. The molecule has 0 saturated carbocycles. The van der Waals surface area contributed by atoms with Gasteiger partial charge in [-0.25, -0.2) is 0 Å². The van der Waals surface area contributed by atoms with Crippen LogP contribution in [0.4, 0.5) is 13.2 Å². The van der Waals surface area contributed by atoms with E-state index in [1.807, 2.05) is 0 Å². The minimum absolute atomic E-state index is 0.160. The number of nitrogens with one attached hydrogen (secondary N) is 1. The van der Waals surface area contributed by atoms with E-state index < -0.39 is 17.6 Å². The molecule has 1 amide bonds. The normalized spacial score (nSPS) is 19.3. The van der Waals surface area contributed by atoms with Crippen molar-refractivity contribution in [3.05, 3.63) is 33.8 Å². The van der Waals surface area contributed by atoms with E-state index in [-0.39, 0.29) is 16.0 Å². The fraction of sp³-hybridized carbons (Fsp3) is 0.500. The number of hydrogen-bond donors (Lipinski definition) is 1. The monoisotopic (exact) mass is 365 g/mol. The van der Waals surface area contributed by atoms with Crippen LogP contribution < -0.4 is 5.32 Å². The zero-order chi connectivity index (χ0) is 15.5. The van der Waals surface area contributed by atoms with E-state index in [9.17, 15) is 18.0 Å². The van der Waals surface area contributed by atoms with Gasteiger partial charge < -0.3 is 10.1 Å². The molecule has 0 aromatic heterocycles. The largest absolute Gasteiger partial charge is 0.417 e. The van der Waals surface area contributed by atoms with Crippen molar-refractivity contribution >= 4 is 21.8 Å². The Morgan fingerprint density at radius 2 is 2.19 bits per heavy atom. The number of rotatable bonds is 3. The van der Waals surface area contributed by atoms with Crippen LogP contribution in [0, 0.1) is 5.92 Å². The fourth-order valence-electron chi connectivity index (χ4n) is 2.25. The predicted octanol–water partition coefficient (Wildman–Crippen LogP) is 3.62. The Hall–Kier alpha value is -1.08. The van der Waals surface area contributed by atoms with Gasteiger partial charge >= 0.3 is 6.18 Å². The van der Waals surface area contributed by atoms with Gasteiger partial charge in [-0.1, -0.05) is 15.9 Å². The zero-order valence-corrected chi connectivity index (χ0v) is 12.8. The molecule has 1 unspecified atom stereocenters. The van der Waals surface area contributed by atoms with E-state index in [1.165, 1.54) is 12.1 Å². The summed E-state index contributed by atoms with van der Waals surface area (Å²) < 4.78 is 44.4. The third-order valence-electron chi connectivity index (χ3n) is 3.34. The van der Waals surface area contributed by atoms with E-state index in [2.05, 4.69) is 21.2 Å². The van der Waals surface area contributed by atoms with Gasteiger partial charge in [-0.05, 0) is 37.0 Å². The van der Waals surface area contributed by atoms with Crippen LogP contribution in [0.5, 0.6) is 0 Å². The van der Waals surface area contributed by atoms with Crippen LogP contribution in [-0.2, 0) is 10.9 Å². The number of halogens is 4.